The summed E-state index contributed by atoms with van der Waals surface area (Å²) < 4.78 is 10.6. The lowest BCUT2D eigenvalue weighted by atomic mass is 10.0. The first-order valence-electron chi connectivity index (χ1n) is 6.86. The van der Waals surface area contributed by atoms with Crippen molar-refractivity contribution in [3.05, 3.63) is 11.7 Å². The van der Waals surface area contributed by atoms with Crippen molar-refractivity contribution in [3.8, 4) is 0 Å². The molecular weight excluding hydrogens is 230 g/mol. The zero-order valence-electron chi connectivity index (χ0n) is 11.5. The summed E-state index contributed by atoms with van der Waals surface area (Å²) in [5.74, 6) is 1.77. The molecule has 0 amide bonds. The van der Waals surface area contributed by atoms with Crippen LogP contribution in [0.3, 0.4) is 0 Å². The van der Waals surface area contributed by atoms with E-state index in [0.29, 0.717) is 17.8 Å². The van der Waals surface area contributed by atoms with Gasteiger partial charge in [0.15, 0.2) is 5.82 Å². The van der Waals surface area contributed by atoms with Gasteiger partial charge >= 0.3 is 0 Å². The Morgan fingerprint density at radius 2 is 2.33 bits per heavy atom. The highest BCUT2D eigenvalue weighted by Gasteiger charge is 2.32. The van der Waals surface area contributed by atoms with Crippen molar-refractivity contribution < 1.29 is 9.26 Å². The molecule has 1 aromatic heterocycles. The minimum Gasteiger partial charge on any atom is -0.374 e. The van der Waals surface area contributed by atoms with Gasteiger partial charge in [-0.2, -0.15) is 4.98 Å². The van der Waals surface area contributed by atoms with Crippen molar-refractivity contribution in [2.45, 2.75) is 57.6 Å². The third-order valence-corrected chi connectivity index (χ3v) is 3.66. The molecule has 0 radical (unpaired) electrons. The summed E-state index contributed by atoms with van der Waals surface area (Å²) in [5, 5.41) is 7.58. The van der Waals surface area contributed by atoms with Crippen molar-refractivity contribution in [2.24, 2.45) is 0 Å². The van der Waals surface area contributed by atoms with Crippen LogP contribution < -0.4 is 5.32 Å². The summed E-state index contributed by atoms with van der Waals surface area (Å²) in [4.78, 5) is 4.48. The monoisotopic (exact) mass is 253 g/mol. The number of hydrogen-bond donors (Lipinski definition) is 1. The molecule has 3 unspecified atom stereocenters. The molecule has 18 heavy (non-hydrogen) atoms. The number of ether oxygens (including phenoxy) is 1. The van der Waals surface area contributed by atoms with Crippen LogP contribution in [0.2, 0.25) is 0 Å². The van der Waals surface area contributed by atoms with Crippen molar-refractivity contribution in [1.29, 1.82) is 0 Å². The second kappa shape index (κ2) is 6.29. The first-order chi connectivity index (χ1) is 8.76. The predicted octanol–water partition coefficient (Wildman–Crippen LogP) is 2.41. The molecule has 5 heteroatoms. The van der Waals surface area contributed by atoms with Gasteiger partial charge in [-0.3, -0.25) is 0 Å². The average molecular weight is 253 g/mol. The van der Waals surface area contributed by atoms with Crippen LogP contribution in [0, 0.1) is 0 Å². The van der Waals surface area contributed by atoms with E-state index in [1.807, 2.05) is 6.92 Å². The molecule has 102 valence electrons. The zero-order chi connectivity index (χ0) is 13.0. The molecule has 1 aliphatic rings. The minimum absolute atomic E-state index is 0.106. The Bertz CT molecular complexity index is 367. The van der Waals surface area contributed by atoms with Crippen LogP contribution in [0.15, 0.2) is 4.52 Å². The first kappa shape index (κ1) is 13.5. The summed E-state index contributed by atoms with van der Waals surface area (Å²) in [6, 6.07) is 0.483. The van der Waals surface area contributed by atoms with Crippen LogP contribution in [0.25, 0.3) is 0 Å². The van der Waals surface area contributed by atoms with Crippen LogP contribution in [0.5, 0.6) is 0 Å². The third kappa shape index (κ3) is 2.90. The van der Waals surface area contributed by atoms with E-state index in [4.69, 9.17) is 9.26 Å². The lowest BCUT2D eigenvalue weighted by Gasteiger charge is -2.17. The molecular formula is C13H23N3O2. The standard InChI is InChI=1S/C13H23N3O2/c1-4-8-14-11-7-5-6-10(11)13-15-12(16-18-13)9(2)17-3/h9-11,14H,4-8H2,1-3H3. The Kier molecular flexibility index (Phi) is 4.72. The fraction of sp³-hybridized carbons (Fsp3) is 0.846. The van der Waals surface area contributed by atoms with Gasteiger partial charge in [-0.25, -0.2) is 0 Å². The Labute approximate surface area is 108 Å². The molecule has 1 aliphatic carbocycles. The molecule has 1 aromatic rings. The lowest BCUT2D eigenvalue weighted by Crippen LogP contribution is -2.31. The minimum atomic E-state index is -0.106. The summed E-state index contributed by atoms with van der Waals surface area (Å²) in [5.41, 5.74) is 0. The van der Waals surface area contributed by atoms with Gasteiger partial charge in [-0.05, 0) is 32.7 Å². The maximum atomic E-state index is 5.40. The number of nitrogens with one attached hydrogen (secondary N) is 1. The number of nitrogens with zero attached hydrogens (tertiary/aromatic N) is 2. The third-order valence-electron chi connectivity index (χ3n) is 3.66. The summed E-state index contributed by atoms with van der Waals surface area (Å²) in [6.45, 7) is 5.16. The average Bonchev–Trinajstić information content (AvgIpc) is 3.03. The lowest BCUT2D eigenvalue weighted by molar-refractivity contribution is 0.109. The van der Waals surface area contributed by atoms with Crippen molar-refractivity contribution >= 4 is 0 Å². The van der Waals surface area contributed by atoms with E-state index >= 15 is 0 Å². The molecule has 2 rings (SSSR count). The molecule has 1 heterocycles. The Balaban J connectivity index is 2.03. The van der Waals surface area contributed by atoms with E-state index in [1.54, 1.807) is 7.11 Å². The molecule has 0 aliphatic heterocycles. The van der Waals surface area contributed by atoms with E-state index in [9.17, 15) is 0 Å². The summed E-state index contributed by atoms with van der Waals surface area (Å²) in [6.07, 6.45) is 4.60. The Morgan fingerprint density at radius 1 is 1.50 bits per heavy atom. The Hall–Kier alpha value is -0.940. The van der Waals surface area contributed by atoms with Gasteiger partial charge in [0.1, 0.15) is 6.10 Å². The fourth-order valence-electron chi connectivity index (χ4n) is 2.50. The van der Waals surface area contributed by atoms with Crippen molar-refractivity contribution in [1.82, 2.24) is 15.5 Å². The molecule has 0 spiro atoms. The first-order valence-corrected chi connectivity index (χ1v) is 6.86. The van der Waals surface area contributed by atoms with Crippen molar-refractivity contribution in [3.63, 3.8) is 0 Å². The van der Waals surface area contributed by atoms with Gasteiger partial charge in [0.2, 0.25) is 5.89 Å². The number of hydrogen-bond acceptors (Lipinski definition) is 5. The maximum absolute atomic E-state index is 5.40. The molecule has 1 saturated carbocycles. The van der Waals surface area contributed by atoms with Crippen LogP contribution in [0.1, 0.15) is 63.3 Å². The van der Waals surface area contributed by atoms with Crippen molar-refractivity contribution in [2.75, 3.05) is 13.7 Å². The maximum Gasteiger partial charge on any atom is 0.231 e. The van der Waals surface area contributed by atoms with Gasteiger partial charge in [-0.1, -0.05) is 18.5 Å². The van der Waals surface area contributed by atoms with E-state index in [0.717, 1.165) is 25.3 Å². The van der Waals surface area contributed by atoms with Crippen LogP contribution in [-0.2, 0) is 4.74 Å². The van der Waals surface area contributed by atoms with Gasteiger partial charge in [0, 0.05) is 13.2 Å². The van der Waals surface area contributed by atoms with Gasteiger partial charge < -0.3 is 14.6 Å². The van der Waals surface area contributed by atoms with Crippen LogP contribution in [0.4, 0.5) is 0 Å². The second-order valence-corrected chi connectivity index (χ2v) is 4.97. The quantitative estimate of drug-likeness (QED) is 0.843. The number of methoxy groups -OCH3 is 1. The largest absolute Gasteiger partial charge is 0.374 e. The highest BCUT2D eigenvalue weighted by molar-refractivity contribution is 5.03. The normalized spacial score (nSPS) is 25.5. The smallest absolute Gasteiger partial charge is 0.231 e. The molecule has 0 saturated heterocycles. The molecule has 0 bridgehead atoms. The zero-order valence-corrected chi connectivity index (χ0v) is 11.5. The van der Waals surface area contributed by atoms with Crippen LogP contribution >= 0.6 is 0 Å². The van der Waals surface area contributed by atoms with Crippen LogP contribution in [-0.4, -0.2) is 29.8 Å². The molecule has 5 nitrogen and oxygen atoms in total. The van der Waals surface area contributed by atoms with E-state index in [2.05, 4.69) is 22.4 Å². The molecule has 1 N–H and O–H groups in total. The van der Waals surface area contributed by atoms with Gasteiger partial charge in [0.25, 0.3) is 0 Å². The number of rotatable bonds is 6. The van der Waals surface area contributed by atoms with Gasteiger partial charge in [0.05, 0.1) is 5.92 Å². The van der Waals surface area contributed by atoms with E-state index in [1.165, 1.54) is 12.8 Å². The van der Waals surface area contributed by atoms with E-state index in [-0.39, 0.29) is 6.10 Å². The SMILES string of the molecule is CCCNC1CCCC1c1nc(C(C)OC)no1. The fourth-order valence-corrected chi connectivity index (χ4v) is 2.50. The topological polar surface area (TPSA) is 60.2 Å². The van der Waals surface area contributed by atoms with Gasteiger partial charge in [-0.15, -0.1) is 0 Å². The highest BCUT2D eigenvalue weighted by atomic mass is 16.5. The van der Waals surface area contributed by atoms with E-state index < -0.39 is 0 Å². The molecule has 1 fully saturated rings. The molecule has 0 aromatic carbocycles. The number of aromatic nitrogens is 2. The highest BCUT2D eigenvalue weighted by Crippen LogP contribution is 2.34. The Morgan fingerprint density at radius 3 is 3.06 bits per heavy atom. The molecule has 3 atom stereocenters. The second-order valence-electron chi connectivity index (χ2n) is 4.97. The summed E-state index contributed by atoms with van der Waals surface area (Å²) >= 11 is 0. The summed E-state index contributed by atoms with van der Waals surface area (Å²) in [7, 11) is 1.65. The predicted molar refractivity (Wildman–Crippen MR) is 68.4 cm³/mol.